The SMILES string of the molecule is CCCc1cc(C(=O)C2C=CC(SC)=CC2)ccc1Oc1cccc([C@@]2(C)OC(=O)NC2=O)c1. The summed E-state index contributed by atoms with van der Waals surface area (Å²) in [7, 11) is 0. The number of hydrogen-bond donors (Lipinski definition) is 1. The lowest BCUT2D eigenvalue weighted by Gasteiger charge is -2.20. The number of aryl methyl sites for hydroxylation is 1. The summed E-state index contributed by atoms with van der Waals surface area (Å²) in [5.74, 6) is 0.587. The number of ketones is 1. The zero-order valence-electron chi connectivity index (χ0n) is 19.4. The Morgan fingerprint density at radius 1 is 1.24 bits per heavy atom. The number of hydrogen-bond acceptors (Lipinski definition) is 6. The summed E-state index contributed by atoms with van der Waals surface area (Å²) in [5.41, 5.74) is 0.716. The molecule has 1 saturated heterocycles. The molecule has 7 heteroatoms. The molecule has 0 aromatic heterocycles. The van der Waals surface area contributed by atoms with Crippen LogP contribution in [0.2, 0.25) is 0 Å². The number of ether oxygens (including phenoxy) is 2. The third-order valence-corrected chi connectivity index (χ3v) is 6.84. The van der Waals surface area contributed by atoms with Crippen LogP contribution in [0.1, 0.15) is 48.2 Å². The van der Waals surface area contributed by atoms with Crippen LogP contribution in [-0.4, -0.2) is 24.0 Å². The highest BCUT2D eigenvalue weighted by molar-refractivity contribution is 8.02. The van der Waals surface area contributed by atoms with Crippen molar-refractivity contribution in [3.8, 4) is 11.5 Å². The van der Waals surface area contributed by atoms with Gasteiger partial charge in [-0.05, 0) is 61.9 Å². The van der Waals surface area contributed by atoms with Crippen molar-refractivity contribution in [3.05, 3.63) is 82.3 Å². The molecular weight excluding hydrogens is 450 g/mol. The third-order valence-electron chi connectivity index (χ3n) is 6.06. The quantitative estimate of drug-likeness (QED) is 0.476. The second-order valence-corrected chi connectivity index (χ2v) is 9.34. The summed E-state index contributed by atoms with van der Waals surface area (Å²) < 4.78 is 11.4. The lowest BCUT2D eigenvalue weighted by molar-refractivity contribution is -0.130. The number of amides is 2. The molecule has 1 heterocycles. The lowest BCUT2D eigenvalue weighted by atomic mass is 9.90. The maximum atomic E-state index is 13.1. The molecule has 6 nitrogen and oxygen atoms in total. The summed E-state index contributed by atoms with van der Waals surface area (Å²) in [6, 6.07) is 12.5. The number of nitrogens with one attached hydrogen (secondary N) is 1. The highest BCUT2D eigenvalue weighted by Crippen LogP contribution is 2.35. The van der Waals surface area contributed by atoms with Gasteiger partial charge in [0.15, 0.2) is 5.78 Å². The molecule has 2 aromatic rings. The second kappa shape index (κ2) is 9.89. The van der Waals surface area contributed by atoms with Gasteiger partial charge in [-0.3, -0.25) is 14.9 Å². The van der Waals surface area contributed by atoms with E-state index >= 15 is 0 Å². The van der Waals surface area contributed by atoms with E-state index in [9.17, 15) is 14.4 Å². The van der Waals surface area contributed by atoms with E-state index in [2.05, 4.69) is 18.3 Å². The fraction of sp³-hybridized carbons (Fsp3) is 0.296. The molecule has 2 aromatic carbocycles. The van der Waals surface area contributed by atoms with E-state index in [1.165, 1.54) is 4.91 Å². The minimum absolute atomic E-state index is 0.0977. The van der Waals surface area contributed by atoms with Crippen LogP contribution >= 0.6 is 11.8 Å². The first-order chi connectivity index (χ1) is 16.3. The van der Waals surface area contributed by atoms with E-state index < -0.39 is 17.6 Å². The zero-order chi connectivity index (χ0) is 24.3. The number of carbonyl (C=O) groups excluding carboxylic acids is 3. The van der Waals surface area contributed by atoms with Gasteiger partial charge in [0.2, 0.25) is 5.60 Å². The van der Waals surface area contributed by atoms with Crippen molar-refractivity contribution in [2.45, 2.75) is 38.7 Å². The molecule has 2 amide bonds. The van der Waals surface area contributed by atoms with Crippen LogP contribution in [0.15, 0.2) is 65.6 Å². The van der Waals surface area contributed by atoms with Gasteiger partial charge in [-0.25, -0.2) is 4.79 Å². The number of imide groups is 1. The summed E-state index contributed by atoms with van der Waals surface area (Å²) in [6.45, 7) is 3.62. The number of cyclic esters (lactones) is 1. The Kier molecular flexibility index (Phi) is 6.93. The number of benzene rings is 2. The highest BCUT2D eigenvalue weighted by atomic mass is 32.2. The van der Waals surface area contributed by atoms with Crippen molar-refractivity contribution in [2.24, 2.45) is 5.92 Å². The van der Waals surface area contributed by atoms with Crippen molar-refractivity contribution in [1.29, 1.82) is 0 Å². The van der Waals surface area contributed by atoms with Gasteiger partial charge in [-0.15, -0.1) is 11.8 Å². The molecule has 1 fully saturated rings. The van der Waals surface area contributed by atoms with Crippen molar-refractivity contribution in [2.75, 3.05) is 6.26 Å². The first-order valence-electron chi connectivity index (χ1n) is 11.3. The van der Waals surface area contributed by atoms with Gasteiger partial charge >= 0.3 is 6.09 Å². The molecular formula is C27H27NO5S. The molecule has 0 saturated carbocycles. The van der Waals surface area contributed by atoms with Crippen LogP contribution in [0.3, 0.4) is 0 Å². The van der Waals surface area contributed by atoms with Crippen LogP contribution in [0.25, 0.3) is 0 Å². The minimum atomic E-state index is -1.41. The standard InChI is InChI=1S/C27H27NO5S/c1-4-6-18-15-19(24(29)17-9-12-22(34-3)13-10-17)11-14-23(18)32-21-8-5-7-20(16-21)27(2)25(30)28-26(31)33-27/h5,7-9,11-17H,4,6,10H2,1-3H3,(H,28,30,31)/t17?,27-/m1/s1. The maximum absolute atomic E-state index is 13.1. The molecule has 1 aliphatic heterocycles. The zero-order valence-corrected chi connectivity index (χ0v) is 20.2. The smallest absolute Gasteiger partial charge is 0.415 e. The van der Waals surface area contributed by atoms with Crippen molar-refractivity contribution < 1.29 is 23.9 Å². The molecule has 0 bridgehead atoms. The molecule has 0 radical (unpaired) electrons. The predicted molar refractivity (Wildman–Crippen MR) is 132 cm³/mol. The first kappa shape index (κ1) is 23.8. The lowest BCUT2D eigenvalue weighted by Crippen LogP contribution is -2.33. The molecule has 1 unspecified atom stereocenters. The first-order valence-corrected chi connectivity index (χ1v) is 12.5. The molecule has 34 heavy (non-hydrogen) atoms. The van der Waals surface area contributed by atoms with Gasteiger partial charge in [0.1, 0.15) is 11.5 Å². The van der Waals surface area contributed by atoms with Gasteiger partial charge in [-0.1, -0.05) is 43.7 Å². The summed E-state index contributed by atoms with van der Waals surface area (Å²) >= 11 is 1.68. The normalized spacial score (nSPS) is 21.6. The van der Waals surface area contributed by atoms with E-state index in [0.29, 0.717) is 29.0 Å². The van der Waals surface area contributed by atoms with E-state index in [1.807, 2.05) is 30.5 Å². The number of carbonyl (C=O) groups is 3. The van der Waals surface area contributed by atoms with Crippen LogP contribution in [-0.2, 0) is 21.6 Å². The van der Waals surface area contributed by atoms with Crippen molar-refractivity contribution in [1.82, 2.24) is 5.32 Å². The predicted octanol–water partition coefficient (Wildman–Crippen LogP) is 5.92. The Morgan fingerprint density at radius 3 is 2.71 bits per heavy atom. The van der Waals surface area contributed by atoms with Crippen LogP contribution < -0.4 is 10.1 Å². The third kappa shape index (κ3) is 4.80. The van der Waals surface area contributed by atoms with E-state index in [0.717, 1.165) is 18.4 Å². The fourth-order valence-electron chi connectivity index (χ4n) is 4.10. The number of alkyl carbamates (subject to hydrolysis) is 1. The molecule has 176 valence electrons. The molecule has 0 spiro atoms. The largest absolute Gasteiger partial charge is 0.457 e. The Labute approximate surface area is 203 Å². The second-order valence-electron chi connectivity index (χ2n) is 8.46. The van der Waals surface area contributed by atoms with E-state index in [4.69, 9.17) is 9.47 Å². The topological polar surface area (TPSA) is 81.7 Å². The molecule has 2 aliphatic rings. The molecule has 1 aliphatic carbocycles. The van der Waals surface area contributed by atoms with Gasteiger partial charge in [0.05, 0.1) is 0 Å². The number of allylic oxidation sites excluding steroid dienone is 3. The maximum Gasteiger partial charge on any atom is 0.415 e. The van der Waals surface area contributed by atoms with Gasteiger partial charge < -0.3 is 9.47 Å². The van der Waals surface area contributed by atoms with Gasteiger partial charge in [0.25, 0.3) is 5.91 Å². The minimum Gasteiger partial charge on any atom is -0.457 e. The molecule has 2 atom stereocenters. The molecule has 1 N–H and O–H groups in total. The summed E-state index contributed by atoms with van der Waals surface area (Å²) in [6.07, 6.45) is 9.71. The number of Topliss-reactive ketones (excluding diaryl/α,β-unsaturated/α-hetero) is 1. The number of rotatable bonds is 8. The van der Waals surface area contributed by atoms with Crippen LogP contribution in [0.5, 0.6) is 11.5 Å². The average molecular weight is 478 g/mol. The average Bonchev–Trinajstić information content (AvgIpc) is 3.12. The van der Waals surface area contributed by atoms with Crippen LogP contribution in [0, 0.1) is 5.92 Å². The van der Waals surface area contributed by atoms with Crippen molar-refractivity contribution in [3.63, 3.8) is 0 Å². The fourth-order valence-corrected chi connectivity index (χ4v) is 4.58. The Bertz CT molecular complexity index is 1200. The Morgan fingerprint density at radius 2 is 2.06 bits per heavy atom. The molecule has 4 rings (SSSR count). The number of thioether (sulfide) groups is 1. The highest BCUT2D eigenvalue weighted by Gasteiger charge is 2.46. The summed E-state index contributed by atoms with van der Waals surface area (Å²) in [4.78, 5) is 38.1. The van der Waals surface area contributed by atoms with Gasteiger partial charge in [0, 0.05) is 21.9 Å². The van der Waals surface area contributed by atoms with Crippen molar-refractivity contribution >= 4 is 29.5 Å². The Hall–Kier alpha value is -3.32. The van der Waals surface area contributed by atoms with Crippen LogP contribution in [0.4, 0.5) is 4.79 Å². The Balaban J connectivity index is 1.57. The van der Waals surface area contributed by atoms with E-state index in [-0.39, 0.29) is 11.7 Å². The van der Waals surface area contributed by atoms with Gasteiger partial charge in [-0.2, -0.15) is 0 Å². The monoisotopic (exact) mass is 477 g/mol. The summed E-state index contributed by atoms with van der Waals surface area (Å²) in [5, 5.41) is 2.17. The van der Waals surface area contributed by atoms with E-state index in [1.54, 1.807) is 49.0 Å².